The molecular formula is C12H16BrNO3S. The minimum atomic E-state index is -3.45. The fourth-order valence-corrected chi connectivity index (χ4v) is 2.76. The molecule has 0 amide bonds. The summed E-state index contributed by atoms with van der Waals surface area (Å²) in [5, 5.41) is 0.230. The zero-order valence-corrected chi connectivity index (χ0v) is 12.6. The molecule has 6 heteroatoms. The molecule has 0 heterocycles. The van der Waals surface area contributed by atoms with Crippen LogP contribution in [0.5, 0.6) is 0 Å². The van der Waals surface area contributed by atoms with Gasteiger partial charge in [-0.05, 0) is 18.6 Å². The van der Waals surface area contributed by atoms with Crippen LogP contribution in [0.3, 0.4) is 0 Å². The SMILES string of the molecule is CCCCNS(=O)(=O)c1ccc(C(=O)CBr)cc1. The van der Waals surface area contributed by atoms with E-state index in [1.807, 2.05) is 6.92 Å². The Labute approximate surface area is 116 Å². The molecule has 0 spiro atoms. The molecule has 0 unspecified atom stereocenters. The highest BCUT2D eigenvalue weighted by Gasteiger charge is 2.13. The van der Waals surface area contributed by atoms with Gasteiger partial charge >= 0.3 is 0 Å². The third kappa shape index (κ3) is 4.19. The highest BCUT2D eigenvalue weighted by atomic mass is 79.9. The van der Waals surface area contributed by atoms with E-state index >= 15 is 0 Å². The molecule has 0 bridgehead atoms. The number of ketones is 1. The minimum Gasteiger partial charge on any atom is -0.293 e. The summed E-state index contributed by atoms with van der Waals surface area (Å²) in [6.07, 6.45) is 1.74. The summed E-state index contributed by atoms with van der Waals surface area (Å²) >= 11 is 3.07. The van der Waals surface area contributed by atoms with Gasteiger partial charge in [0.15, 0.2) is 5.78 Å². The van der Waals surface area contributed by atoms with Gasteiger partial charge in [-0.3, -0.25) is 4.79 Å². The number of carbonyl (C=O) groups is 1. The van der Waals surface area contributed by atoms with Crippen molar-refractivity contribution in [3.05, 3.63) is 29.8 Å². The minimum absolute atomic E-state index is 0.0714. The molecule has 1 N–H and O–H groups in total. The molecule has 0 saturated carbocycles. The lowest BCUT2D eigenvalue weighted by molar-refractivity contribution is 0.102. The van der Waals surface area contributed by atoms with Crippen LogP contribution in [-0.4, -0.2) is 26.1 Å². The van der Waals surface area contributed by atoms with Crippen molar-refractivity contribution in [1.29, 1.82) is 0 Å². The second-order valence-electron chi connectivity index (χ2n) is 3.83. The number of Topliss-reactive ketones (excluding diaryl/α,β-unsaturated/α-hetero) is 1. The summed E-state index contributed by atoms with van der Waals surface area (Å²) in [6, 6.07) is 5.95. The Morgan fingerprint density at radius 2 is 1.89 bits per heavy atom. The smallest absolute Gasteiger partial charge is 0.240 e. The molecule has 0 aliphatic carbocycles. The Bertz CT molecular complexity index is 497. The van der Waals surface area contributed by atoms with E-state index in [9.17, 15) is 13.2 Å². The molecule has 0 saturated heterocycles. The lowest BCUT2D eigenvalue weighted by Gasteiger charge is -2.06. The topological polar surface area (TPSA) is 63.2 Å². The average Bonchev–Trinajstić information content (AvgIpc) is 2.38. The Hall–Kier alpha value is -0.720. The van der Waals surface area contributed by atoms with E-state index in [0.29, 0.717) is 12.1 Å². The fourth-order valence-electron chi connectivity index (χ4n) is 1.36. The van der Waals surface area contributed by atoms with Crippen molar-refractivity contribution in [2.75, 3.05) is 11.9 Å². The highest BCUT2D eigenvalue weighted by Crippen LogP contribution is 2.11. The first-order chi connectivity index (χ1) is 8.51. The molecule has 0 radical (unpaired) electrons. The largest absolute Gasteiger partial charge is 0.293 e. The van der Waals surface area contributed by atoms with Crippen molar-refractivity contribution in [3.8, 4) is 0 Å². The third-order valence-electron chi connectivity index (χ3n) is 2.43. The average molecular weight is 334 g/mol. The van der Waals surface area contributed by atoms with Gasteiger partial charge in [0.2, 0.25) is 10.0 Å². The second-order valence-corrected chi connectivity index (χ2v) is 6.16. The monoisotopic (exact) mass is 333 g/mol. The van der Waals surface area contributed by atoms with Crippen LogP contribution in [0.1, 0.15) is 30.1 Å². The van der Waals surface area contributed by atoms with Gasteiger partial charge in [-0.2, -0.15) is 0 Å². The van der Waals surface area contributed by atoms with Crippen LogP contribution in [0, 0.1) is 0 Å². The van der Waals surface area contributed by atoms with Gasteiger partial charge in [-0.15, -0.1) is 0 Å². The Balaban J connectivity index is 2.81. The number of hydrogen-bond acceptors (Lipinski definition) is 3. The van der Waals surface area contributed by atoms with Crippen molar-refractivity contribution in [3.63, 3.8) is 0 Å². The predicted molar refractivity (Wildman–Crippen MR) is 74.7 cm³/mol. The Kier molecular flexibility index (Phi) is 5.98. The van der Waals surface area contributed by atoms with Gasteiger partial charge in [0.05, 0.1) is 10.2 Å². The lowest BCUT2D eigenvalue weighted by Crippen LogP contribution is -2.24. The molecule has 4 nitrogen and oxygen atoms in total. The summed E-state index contributed by atoms with van der Waals surface area (Å²) in [6.45, 7) is 2.43. The van der Waals surface area contributed by atoms with Crippen LogP contribution in [0.25, 0.3) is 0 Å². The van der Waals surface area contributed by atoms with Crippen molar-refractivity contribution < 1.29 is 13.2 Å². The zero-order chi connectivity index (χ0) is 13.6. The predicted octanol–water partition coefficient (Wildman–Crippen LogP) is 2.34. The molecule has 1 aromatic carbocycles. The molecule has 100 valence electrons. The van der Waals surface area contributed by atoms with Crippen LogP contribution in [0.2, 0.25) is 0 Å². The van der Waals surface area contributed by atoms with E-state index in [0.717, 1.165) is 12.8 Å². The molecule has 0 fully saturated rings. The molecule has 1 aromatic rings. The maximum Gasteiger partial charge on any atom is 0.240 e. The number of sulfonamides is 1. The normalized spacial score (nSPS) is 11.4. The first-order valence-corrected chi connectivity index (χ1v) is 8.30. The number of alkyl halides is 1. The number of benzene rings is 1. The van der Waals surface area contributed by atoms with Gasteiger partial charge in [-0.25, -0.2) is 13.1 Å². The van der Waals surface area contributed by atoms with Gasteiger partial charge in [0.25, 0.3) is 0 Å². The standard InChI is InChI=1S/C12H16BrNO3S/c1-2-3-8-14-18(16,17)11-6-4-10(5-7-11)12(15)9-13/h4-7,14H,2-3,8-9H2,1H3. The third-order valence-corrected chi connectivity index (χ3v) is 4.42. The Morgan fingerprint density at radius 3 is 2.39 bits per heavy atom. The van der Waals surface area contributed by atoms with E-state index in [-0.39, 0.29) is 16.0 Å². The van der Waals surface area contributed by atoms with Crippen LogP contribution in [0.4, 0.5) is 0 Å². The van der Waals surface area contributed by atoms with Gasteiger partial charge in [0.1, 0.15) is 0 Å². The van der Waals surface area contributed by atoms with Crippen LogP contribution < -0.4 is 4.72 Å². The van der Waals surface area contributed by atoms with Crippen LogP contribution in [0.15, 0.2) is 29.2 Å². The number of unbranched alkanes of at least 4 members (excludes halogenated alkanes) is 1. The number of halogens is 1. The molecule has 0 aliphatic heterocycles. The summed E-state index contributed by atoms with van der Waals surface area (Å²) in [5.41, 5.74) is 0.499. The molecule has 18 heavy (non-hydrogen) atoms. The molecule has 1 rings (SSSR count). The van der Waals surface area contributed by atoms with E-state index < -0.39 is 10.0 Å². The quantitative estimate of drug-likeness (QED) is 0.473. The van der Waals surface area contributed by atoms with Gasteiger partial charge in [-0.1, -0.05) is 41.4 Å². The van der Waals surface area contributed by atoms with E-state index in [1.54, 1.807) is 0 Å². The first kappa shape index (κ1) is 15.3. The number of nitrogens with one attached hydrogen (secondary N) is 1. The summed E-state index contributed by atoms with van der Waals surface area (Å²) in [4.78, 5) is 11.6. The van der Waals surface area contributed by atoms with E-state index in [4.69, 9.17) is 0 Å². The van der Waals surface area contributed by atoms with E-state index in [1.165, 1.54) is 24.3 Å². The van der Waals surface area contributed by atoms with Crippen molar-refractivity contribution in [2.24, 2.45) is 0 Å². The fraction of sp³-hybridized carbons (Fsp3) is 0.417. The lowest BCUT2D eigenvalue weighted by atomic mass is 10.2. The molecular weight excluding hydrogens is 318 g/mol. The summed E-state index contributed by atoms with van der Waals surface area (Å²) in [7, 11) is -3.45. The van der Waals surface area contributed by atoms with Crippen molar-refractivity contribution >= 4 is 31.7 Å². The summed E-state index contributed by atoms with van der Waals surface area (Å²) in [5.74, 6) is -0.0714. The first-order valence-electron chi connectivity index (χ1n) is 5.70. The number of hydrogen-bond donors (Lipinski definition) is 1. The zero-order valence-electron chi connectivity index (χ0n) is 10.1. The van der Waals surface area contributed by atoms with Gasteiger partial charge in [0, 0.05) is 12.1 Å². The highest BCUT2D eigenvalue weighted by molar-refractivity contribution is 9.09. The summed E-state index contributed by atoms with van der Waals surface area (Å²) < 4.78 is 26.2. The molecule has 0 aromatic heterocycles. The van der Waals surface area contributed by atoms with Crippen LogP contribution in [-0.2, 0) is 10.0 Å². The maximum atomic E-state index is 11.9. The van der Waals surface area contributed by atoms with Crippen LogP contribution >= 0.6 is 15.9 Å². The number of carbonyl (C=O) groups excluding carboxylic acids is 1. The van der Waals surface area contributed by atoms with Crippen molar-refractivity contribution in [2.45, 2.75) is 24.7 Å². The van der Waals surface area contributed by atoms with Crippen molar-refractivity contribution in [1.82, 2.24) is 4.72 Å². The Morgan fingerprint density at radius 1 is 1.28 bits per heavy atom. The molecule has 0 aliphatic rings. The second kappa shape index (κ2) is 7.01. The maximum absolute atomic E-state index is 11.9. The van der Waals surface area contributed by atoms with Gasteiger partial charge < -0.3 is 0 Å². The van der Waals surface area contributed by atoms with E-state index in [2.05, 4.69) is 20.7 Å². The number of rotatable bonds is 7. The molecule has 0 atom stereocenters.